The normalized spacial score (nSPS) is 14.4. The molecule has 0 unspecified atom stereocenters. The minimum Gasteiger partial charge on any atom is -0.282 e. The fourth-order valence-corrected chi connectivity index (χ4v) is 6.01. The molecule has 35 heavy (non-hydrogen) atoms. The van der Waals surface area contributed by atoms with Crippen LogP contribution in [0.2, 0.25) is 0 Å². The molecule has 178 valence electrons. The molecule has 0 fully saturated rings. The molecule has 0 aromatic heterocycles. The zero-order valence-corrected chi connectivity index (χ0v) is 20.6. The SMILES string of the molecule is Cc1ccc(C2(c3ccc(C)cc3)c3cc(S(=O)(=O)O)ccc3-c3ccc(S(=O)(=O)O)cc32)cc1. The van der Waals surface area contributed by atoms with Gasteiger partial charge in [0.05, 0.1) is 15.2 Å². The highest BCUT2D eigenvalue weighted by atomic mass is 32.2. The van der Waals surface area contributed by atoms with Gasteiger partial charge in [-0.15, -0.1) is 0 Å². The third-order valence-corrected chi connectivity index (χ3v) is 8.34. The van der Waals surface area contributed by atoms with Crippen molar-refractivity contribution in [2.75, 3.05) is 0 Å². The van der Waals surface area contributed by atoms with E-state index in [0.29, 0.717) is 22.3 Å². The predicted octanol–water partition coefficient (Wildman–Crippen LogP) is 5.16. The number of hydrogen-bond acceptors (Lipinski definition) is 4. The van der Waals surface area contributed by atoms with E-state index in [1.807, 2.05) is 62.4 Å². The smallest absolute Gasteiger partial charge is 0.282 e. The molecular formula is C27H22O6S2. The van der Waals surface area contributed by atoms with E-state index in [1.54, 1.807) is 12.1 Å². The second-order valence-corrected chi connectivity index (χ2v) is 11.7. The Bertz CT molecular complexity index is 1560. The van der Waals surface area contributed by atoms with Crippen molar-refractivity contribution >= 4 is 20.2 Å². The predicted molar refractivity (Wildman–Crippen MR) is 133 cm³/mol. The summed E-state index contributed by atoms with van der Waals surface area (Å²) in [5.74, 6) is 0. The molecule has 0 atom stereocenters. The molecule has 0 amide bonds. The Morgan fingerprint density at radius 2 is 0.886 bits per heavy atom. The largest absolute Gasteiger partial charge is 0.294 e. The first-order valence-electron chi connectivity index (χ1n) is 10.8. The van der Waals surface area contributed by atoms with Gasteiger partial charge in [-0.05, 0) is 71.5 Å². The zero-order chi connectivity index (χ0) is 25.2. The van der Waals surface area contributed by atoms with Gasteiger partial charge in [0.2, 0.25) is 0 Å². The van der Waals surface area contributed by atoms with E-state index in [2.05, 4.69) is 0 Å². The minimum atomic E-state index is -4.51. The Balaban J connectivity index is 2.00. The molecular weight excluding hydrogens is 484 g/mol. The fourth-order valence-electron chi connectivity index (χ4n) is 5.00. The summed E-state index contributed by atoms with van der Waals surface area (Å²) in [5.41, 5.74) is 5.08. The highest BCUT2D eigenvalue weighted by Crippen LogP contribution is 2.56. The molecule has 0 aliphatic heterocycles. The quantitative estimate of drug-likeness (QED) is 0.326. The summed E-state index contributed by atoms with van der Waals surface area (Å²) < 4.78 is 68.1. The van der Waals surface area contributed by atoms with Crippen LogP contribution < -0.4 is 0 Å². The van der Waals surface area contributed by atoms with Crippen LogP contribution in [0, 0.1) is 13.8 Å². The van der Waals surface area contributed by atoms with E-state index in [4.69, 9.17) is 0 Å². The summed E-state index contributed by atoms with van der Waals surface area (Å²) >= 11 is 0. The maximum atomic E-state index is 12.1. The topological polar surface area (TPSA) is 109 Å². The van der Waals surface area contributed by atoms with Crippen LogP contribution in [0.5, 0.6) is 0 Å². The number of rotatable bonds is 4. The van der Waals surface area contributed by atoms with Gasteiger partial charge < -0.3 is 0 Å². The standard InChI is InChI=1S/C27H22O6S2/c1-17-3-7-19(8-4-17)27(20-9-5-18(2)6-10-20)25-15-21(34(28,29)30)11-13-23(25)24-14-12-22(16-26(24)27)35(31,32)33/h3-16H,1-2H3,(H,28,29,30)(H,31,32,33). The summed E-state index contributed by atoms with van der Waals surface area (Å²) in [6.45, 7) is 3.90. The van der Waals surface area contributed by atoms with Crippen LogP contribution in [0.1, 0.15) is 33.4 Å². The van der Waals surface area contributed by atoms with Gasteiger partial charge in [0, 0.05) is 0 Å². The van der Waals surface area contributed by atoms with Gasteiger partial charge in [-0.25, -0.2) is 0 Å². The number of aryl methyl sites for hydroxylation is 2. The van der Waals surface area contributed by atoms with E-state index >= 15 is 0 Å². The van der Waals surface area contributed by atoms with E-state index in [9.17, 15) is 25.9 Å². The van der Waals surface area contributed by atoms with Gasteiger partial charge in [0.1, 0.15) is 0 Å². The lowest BCUT2D eigenvalue weighted by atomic mass is 9.67. The number of fused-ring (bicyclic) bond motifs is 3. The molecule has 0 bridgehead atoms. The third kappa shape index (κ3) is 3.70. The molecule has 8 heteroatoms. The van der Waals surface area contributed by atoms with Gasteiger partial charge >= 0.3 is 0 Å². The summed E-state index contributed by atoms with van der Waals surface area (Å²) in [6.07, 6.45) is 0. The van der Waals surface area contributed by atoms with Crippen molar-refractivity contribution in [3.63, 3.8) is 0 Å². The summed E-state index contributed by atoms with van der Waals surface area (Å²) in [5, 5.41) is 0. The molecule has 2 N–H and O–H groups in total. The molecule has 6 nitrogen and oxygen atoms in total. The van der Waals surface area contributed by atoms with Crippen LogP contribution in [-0.2, 0) is 25.7 Å². The first kappa shape index (κ1) is 23.4. The molecule has 0 saturated carbocycles. The maximum Gasteiger partial charge on any atom is 0.294 e. The third-order valence-electron chi connectivity index (χ3n) is 6.65. The van der Waals surface area contributed by atoms with E-state index in [1.165, 1.54) is 24.3 Å². The van der Waals surface area contributed by atoms with Crippen LogP contribution in [0.15, 0.2) is 94.7 Å². The van der Waals surface area contributed by atoms with Gasteiger partial charge in [0.15, 0.2) is 0 Å². The first-order valence-corrected chi connectivity index (χ1v) is 13.7. The highest BCUT2D eigenvalue weighted by molar-refractivity contribution is 7.86. The van der Waals surface area contributed by atoms with Crippen LogP contribution >= 0.6 is 0 Å². The van der Waals surface area contributed by atoms with Crippen molar-refractivity contribution < 1.29 is 25.9 Å². The lowest BCUT2D eigenvalue weighted by Gasteiger charge is -2.34. The Morgan fingerprint density at radius 1 is 0.543 bits per heavy atom. The molecule has 1 aliphatic rings. The second kappa shape index (κ2) is 7.86. The lowest BCUT2D eigenvalue weighted by Crippen LogP contribution is -2.29. The molecule has 4 aromatic carbocycles. The fraction of sp³-hybridized carbons (Fsp3) is 0.111. The maximum absolute atomic E-state index is 12.1. The van der Waals surface area contributed by atoms with Crippen molar-refractivity contribution in [1.29, 1.82) is 0 Å². The van der Waals surface area contributed by atoms with Crippen LogP contribution in [0.3, 0.4) is 0 Å². The van der Waals surface area contributed by atoms with Crippen molar-refractivity contribution in [3.8, 4) is 11.1 Å². The Kier molecular flexibility index (Phi) is 5.26. The molecule has 5 rings (SSSR count). The average Bonchev–Trinajstić information content (AvgIpc) is 3.09. The van der Waals surface area contributed by atoms with Crippen molar-refractivity contribution in [2.24, 2.45) is 0 Å². The van der Waals surface area contributed by atoms with Gasteiger partial charge in [-0.3, -0.25) is 9.11 Å². The first-order chi connectivity index (χ1) is 16.4. The second-order valence-electron chi connectivity index (χ2n) is 8.85. The Hall–Kier alpha value is -3.30. The zero-order valence-electron chi connectivity index (χ0n) is 18.9. The molecule has 0 heterocycles. The Labute approximate surface area is 204 Å². The van der Waals surface area contributed by atoms with Crippen molar-refractivity contribution in [2.45, 2.75) is 29.1 Å². The van der Waals surface area contributed by atoms with E-state index in [-0.39, 0.29) is 9.79 Å². The number of hydrogen-bond donors (Lipinski definition) is 2. The van der Waals surface area contributed by atoms with Gasteiger partial charge in [-0.1, -0.05) is 71.8 Å². The summed E-state index contributed by atoms with van der Waals surface area (Å²) in [6, 6.07) is 24.2. The molecule has 0 spiro atoms. The van der Waals surface area contributed by atoms with Crippen LogP contribution in [0.25, 0.3) is 11.1 Å². The summed E-state index contributed by atoms with van der Waals surface area (Å²) in [4.78, 5) is -0.523. The lowest BCUT2D eigenvalue weighted by molar-refractivity contribution is 0.481. The molecule has 0 saturated heterocycles. The monoisotopic (exact) mass is 506 g/mol. The summed E-state index contributed by atoms with van der Waals surface area (Å²) in [7, 11) is -9.01. The Morgan fingerprint density at radius 3 is 1.20 bits per heavy atom. The molecule has 0 radical (unpaired) electrons. The van der Waals surface area contributed by atoms with Gasteiger partial charge in [-0.2, -0.15) is 16.8 Å². The van der Waals surface area contributed by atoms with E-state index in [0.717, 1.165) is 22.3 Å². The molecule has 4 aromatic rings. The van der Waals surface area contributed by atoms with Crippen LogP contribution in [-0.4, -0.2) is 25.9 Å². The molecule has 1 aliphatic carbocycles. The average molecular weight is 507 g/mol. The van der Waals surface area contributed by atoms with Crippen molar-refractivity contribution in [3.05, 3.63) is 118 Å². The van der Waals surface area contributed by atoms with Crippen molar-refractivity contribution in [1.82, 2.24) is 0 Å². The number of benzene rings is 4. The highest BCUT2D eigenvalue weighted by Gasteiger charge is 2.47. The van der Waals surface area contributed by atoms with Crippen LogP contribution in [0.4, 0.5) is 0 Å². The minimum absolute atomic E-state index is 0.261. The van der Waals surface area contributed by atoms with Gasteiger partial charge in [0.25, 0.3) is 20.2 Å². The van der Waals surface area contributed by atoms with E-state index < -0.39 is 25.7 Å².